The maximum Gasteiger partial charge on any atom is 0.331 e. The second-order valence-electron chi connectivity index (χ2n) is 22.9. The third kappa shape index (κ3) is 29.5. The van der Waals surface area contributed by atoms with Gasteiger partial charge in [0.05, 0.1) is 18.2 Å². The summed E-state index contributed by atoms with van der Waals surface area (Å²) >= 11 is 0. The molecular formula is C62H111N5O5. The van der Waals surface area contributed by atoms with Crippen molar-refractivity contribution in [2.75, 3.05) is 18.5 Å². The van der Waals surface area contributed by atoms with Crippen molar-refractivity contribution in [3.05, 3.63) is 46.6 Å². The van der Waals surface area contributed by atoms with Crippen molar-refractivity contribution in [2.24, 2.45) is 5.73 Å². The molecule has 1 aromatic carbocycles. The molecule has 0 aromatic heterocycles. The van der Waals surface area contributed by atoms with E-state index in [2.05, 4.69) is 88.7 Å². The molecule has 0 aliphatic carbocycles. The van der Waals surface area contributed by atoms with Crippen LogP contribution in [0, 0.1) is 26.2 Å². The van der Waals surface area contributed by atoms with Gasteiger partial charge >= 0.3 is 5.97 Å². The van der Waals surface area contributed by atoms with Gasteiger partial charge in [0.15, 0.2) is 12.0 Å². The molecule has 10 nitrogen and oxygen atoms in total. The van der Waals surface area contributed by atoms with Crippen molar-refractivity contribution in [2.45, 2.75) is 304 Å². The lowest BCUT2D eigenvalue weighted by molar-refractivity contribution is -0.157. The number of allylic oxidation sites excluding steroid dienone is 4. The van der Waals surface area contributed by atoms with Crippen LogP contribution in [-0.4, -0.2) is 60.4 Å². The van der Waals surface area contributed by atoms with Crippen LogP contribution in [0.25, 0.3) is 0 Å². The number of nitrogens with one attached hydrogen (secondary N) is 4. The Kier molecular flexibility index (Phi) is 34.4. The van der Waals surface area contributed by atoms with E-state index in [1.807, 2.05) is 20.8 Å². The first-order chi connectivity index (χ1) is 34.5. The molecule has 1 unspecified atom stereocenters. The van der Waals surface area contributed by atoms with Gasteiger partial charge in [-0.05, 0) is 162 Å². The fraction of sp³-hybridized carbons (Fsp3) is 0.790. The van der Waals surface area contributed by atoms with Gasteiger partial charge in [-0.1, -0.05) is 147 Å². The maximum atomic E-state index is 14.0. The predicted octanol–water partition coefficient (Wildman–Crippen LogP) is 16.0. The Labute approximate surface area is 442 Å². The summed E-state index contributed by atoms with van der Waals surface area (Å²) in [5, 5.41) is 18.0. The zero-order valence-electron chi connectivity index (χ0n) is 48.2. The number of hydrogen-bond acceptors (Lipinski definition) is 7. The Morgan fingerprint density at radius 1 is 0.667 bits per heavy atom. The first kappa shape index (κ1) is 64.7. The summed E-state index contributed by atoms with van der Waals surface area (Å²) in [6.45, 7) is 21.2. The maximum absolute atomic E-state index is 14.0. The summed E-state index contributed by atoms with van der Waals surface area (Å²) in [6.07, 6.45) is 46.5. The van der Waals surface area contributed by atoms with E-state index in [9.17, 15) is 9.59 Å². The Morgan fingerprint density at radius 2 is 1.12 bits per heavy atom. The van der Waals surface area contributed by atoms with E-state index in [1.165, 1.54) is 147 Å². The van der Waals surface area contributed by atoms with Gasteiger partial charge in [-0.25, -0.2) is 4.79 Å². The lowest BCUT2D eigenvalue weighted by Gasteiger charge is -2.27. The van der Waals surface area contributed by atoms with Crippen LogP contribution in [0.1, 0.15) is 270 Å². The number of amides is 1. The van der Waals surface area contributed by atoms with Gasteiger partial charge in [0, 0.05) is 24.2 Å². The molecule has 72 heavy (non-hydrogen) atoms. The smallest absolute Gasteiger partial charge is 0.331 e. The van der Waals surface area contributed by atoms with Crippen LogP contribution in [0.5, 0.6) is 5.75 Å². The number of fused-ring (bicyclic) bond motifs is 1. The first-order valence-corrected chi connectivity index (χ1v) is 29.6. The van der Waals surface area contributed by atoms with Crippen molar-refractivity contribution >= 4 is 23.5 Å². The number of ether oxygens (including phenoxy) is 3. The average Bonchev–Trinajstić information content (AvgIpc) is 3.68. The molecule has 0 saturated heterocycles. The zero-order chi connectivity index (χ0) is 53.0. The average molecular weight is 1010 g/mol. The number of esters is 1. The van der Waals surface area contributed by atoms with Crippen LogP contribution >= 0.6 is 0 Å². The lowest BCUT2D eigenvalue weighted by atomic mass is 9.92. The summed E-state index contributed by atoms with van der Waals surface area (Å²) < 4.78 is 18.6. The van der Waals surface area contributed by atoms with Crippen LogP contribution in [0.15, 0.2) is 24.3 Å². The molecule has 1 heterocycles. The second kappa shape index (κ2) is 38.2. The highest BCUT2D eigenvalue weighted by Crippen LogP contribution is 2.44. The number of anilines is 1. The van der Waals surface area contributed by atoms with E-state index >= 15 is 0 Å². The van der Waals surface area contributed by atoms with E-state index < -0.39 is 29.6 Å². The van der Waals surface area contributed by atoms with E-state index in [0.717, 1.165) is 79.5 Å². The van der Waals surface area contributed by atoms with Crippen LogP contribution in [0.3, 0.4) is 0 Å². The number of unbranched alkanes of at least 4 members (excludes halogenated alkanes) is 23. The molecular weight excluding hydrogens is 895 g/mol. The molecule has 1 aliphatic rings. The summed E-state index contributed by atoms with van der Waals surface area (Å²) in [5.74, 6) is 0.290. The fourth-order valence-electron chi connectivity index (χ4n) is 9.65. The van der Waals surface area contributed by atoms with Gasteiger partial charge in [0.1, 0.15) is 17.5 Å². The van der Waals surface area contributed by atoms with Gasteiger partial charge in [0.2, 0.25) is 5.91 Å². The molecule has 414 valence electrons. The number of carbonyl (C=O) groups is 2. The number of benzene rings is 1. The number of hydrogen-bond donors (Lipinski definition) is 5. The molecule has 0 fully saturated rings. The second-order valence-corrected chi connectivity index (χ2v) is 22.9. The summed E-state index contributed by atoms with van der Waals surface area (Å²) in [6, 6.07) is -1.80. The van der Waals surface area contributed by atoms with Crippen molar-refractivity contribution in [3.63, 3.8) is 0 Å². The minimum Gasteiger partial charge on any atom is -0.487 e. The van der Waals surface area contributed by atoms with Crippen LogP contribution in [-0.2, 0) is 25.5 Å². The molecule has 1 amide bonds. The molecule has 0 radical (unpaired) electrons. The van der Waals surface area contributed by atoms with Crippen molar-refractivity contribution < 1.29 is 23.8 Å². The van der Waals surface area contributed by atoms with E-state index in [4.69, 9.17) is 25.4 Å². The highest BCUT2D eigenvalue weighted by atomic mass is 16.6. The standard InChI is InChI=1S/C62H111N5O5/c1-11-13-15-17-19-21-23-25-27-29-31-33-35-37-39-41-44-52(43-40-38-36-34-32-30-28-26-24-22-20-18-16-14-12-2)71-59(69)55(48-70-61(6,7)8)66-58(68)54(63)45-42-46-65-60(64)67-56-49(3)50(4)57-53(51(56)5)47-62(9,10)72-57/h25-28,52,54-55H,11-24,29-48,63H2,1-10H3,(H,66,68)(H3,64,65,67)/b27-25-,28-26-/t52?,54-,55-/m0/s1. The van der Waals surface area contributed by atoms with Crippen LogP contribution < -0.4 is 26.4 Å². The van der Waals surface area contributed by atoms with Gasteiger partial charge in [-0.3, -0.25) is 10.2 Å². The number of carbonyl (C=O) groups excluding carboxylic acids is 2. The Morgan fingerprint density at radius 3 is 1.60 bits per heavy atom. The first-order valence-electron chi connectivity index (χ1n) is 29.6. The van der Waals surface area contributed by atoms with Gasteiger partial charge in [-0.15, -0.1) is 0 Å². The predicted molar refractivity (Wildman–Crippen MR) is 307 cm³/mol. The highest BCUT2D eigenvalue weighted by molar-refractivity contribution is 5.93. The molecule has 0 spiro atoms. The van der Waals surface area contributed by atoms with Crippen molar-refractivity contribution in [3.8, 4) is 5.75 Å². The quantitative estimate of drug-likeness (QED) is 0.0143. The summed E-state index contributed by atoms with van der Waals surface area (Å²) in [4.78, 5) is 27.5. The molecule has 6 N–H and O–H groups in total. The third-order valence-electron chi connectivity index (χ3n) is 14.3. The molecule has 3 atom stereocenters. The number of rotatable bonds is 42. The fourth-order valence-corrected chi connectivity index (χ4v) is 9.65. The van der Waals surface area contributed by atoms with Crippen LogP contribution in [0.2, 0.25) is 0 Å². The lowest BCUT2D eigenvalue weighted by Crippen LogP contribution is -2.52. The zero-order valence-corrected chi connectivity index (χ0v) is 48.2. The van der Waals surface area contributed by atoms with Gasteiger partial charge in [-0.2, -0.15) is 0 Å². The third-order valence-corrected chi connectivity index (χ3v) is 14.3. The molecule has 10 heteroatoms. The van der Waals surface area contributed by atoms with E-state index in [0.29, 0.717) is 19.4 Å². The Hall–Kier alpha value is -3.37. The van der Waals surface area contributed by atoms with E-state index in [-0.39, 0.29) is 24.3 Å². The monoisotopic (exact) mass is 1010 g/mol. The molecule has 1 aromatic rings. The topological polar surface area (TPSA) is 148 Å². The van der Waals surface area contributed by atoms with Crippen molar-refractivity contribution in [1.29, 1.82) is 5.41 Å². The Balaban J connectivity index is 1.89. The largest absolute Gasteiger partial charge is 0.487 e. The molecule has 0 bridgehead atoms. The molecule has 1 aliphatic heterocycles. The minimum atomic E-state index is -0.965. The van der Waals surface area contributed by atoms with Gasteiger partial charge in [0.25, 0.3) is 0 Å². The summed E-state index contributed by atoms with van der Waals surface area (Å²) in [7, 11) is 0. The SMILES string of the molecule is CCCCCCCC/C=C\CCCCCCCCC(CCCCCCC/C=C\CCCCCCCC)OC(=O)[C@H](COC(C)(C)C)NC(=O)[C@@H](N)CCCNC(=N)Nc1c(C)c(C)c2c(c1C)CC(C)(C)O2. The normalized spacial score (nSPS) is 14.6. The molecule has 0 saturated carbocycles. The number of nitrogens with two attached hydrogens (primary N) is 1. The highest BCUT2D eigenvalue weighted by Gasteiger charge is 2.35. The van der Waals surface area contributed by atoms with Gasteiger partial charge < -0.3 is 35.9 Å². The van der Waals surface area contributed by atoms with E-state index in [1.54, 1.807) is 0 Å². The van der Waals surface area contributed by atoms with Crippen molar-refractivity contribution in [1.82, 2.24) is 10.6 Å². The summed E-state index contributed by atoms with van der Waals surface area (Å²) in [5.41, 5.74) is 11.0. The van der Waals surface area contributed by atoms with Crippen LogP contribution in [0.4, 0.5) is 5.69 Å². The number of guanidine groups is 1. The Bertz CT molecular complexity index is 1700. The minimum absolute atomic E-state index is 0.00413. The molecule has 2 rings (SSSR count).